The van der Waals surface area contributed by atoms with Gasteiger partial charge in [0.1, 0.15) is 17.2 Å². The van der Waals surface area contributed by atoms with E-state index in [-0.39, 0.29) is 5.91 Å². The minimum absolute atomic E-state index is 0.248. The normalized spacial score (nSPS) is 16.4. The van der Waals surface area contributed by atoms with Crippen molar-refractivity contribution in [2.24, 2.45) is 0 Å². The summed E-state index contributed by atoms with van der Waals surface area (Å²) in [6.07, 6.45) is 1.63. The van der Waals surface area contributed by atoms with Crippen molar-refractivity contribution in [2.45, 2.75) is 0 Å². The van der Waals surface area contributed by atoms with Crippen LogP contribution < -0.4 is 10.6 Å². The second kappa shape index (κ2) is 5.37. The first-order chi connectivity index (χ1) is 9.61. The van der Waals surface area contributed by atoms with Crippen LogP contribution in [0.1, 0.15) is 5.76 Å². The maximum absolute atomic E-state index is 11.5. The van der Waals surface area contributed by atoms with Gasteiger partial charge >= 0.3 is 0 Å². The molecule has 0 bridgehead atoms. The molecule has 2 heterocycles. The van der Waals surface area contributed by atoms with Crippen molar-refractivity contribution < 1.29 is 9.21 Å². The van der Waals surface area contributed by atoms with E-state index in [9.17, 15) is 4.79 Å². The predicted octanol–water partition coefficient (Wildman–Crippen LogP) is 2.90. The molecule has 100 valence electrons. The Kier molecular flexibility index (Phi) is 3.58. The molecule has 0 saturated carbocycles. The molecular formula is C14H9IN2O2S. The Hall–Kier alpha value is -1.67. The van der Waals surface area contributed by atoms with Crippen LogP contribution in [0.2, 0.25) is 0 Å². The van der Waals surface area contributed by atoms with Crippen molar-refractivity contribution in [3.63, 3.8) is 0 Å². The van der Waals surface area contributed by atoms with Crippen molar-refractivity contribution in [3.8, 4) is 11.3 Å². The van der Waals surface area contributed by atoms with E-state index >= 15 is 0 Å². The molecule has 2 N–H and O–H groups in total. The summed E-state index contributed by atoms with van der Waals surface area (Å²) in [4.78, 5) is 11.5. The maximum Gasteiger partial charge on any atom is 0.274 e. The Balaban J connectivity index is 1.87. The summed E-state index contributed by atoms with van der Waals surface area (Å²) in [6.45, 7) is 0. The molecule has 4 nitrogen and oxygen atoms in total. The molecule has 3 rings (SSSR count). The zero-order valence-electron chi connectivity index (χ0n) is 10.1. The highest BCUT2D eigenvalue weighted by Crippen LogP contribution is 2.24. The molecule has 2 aromatic rings. The van der Waals surface area contributed by atoms with Crippen LogP contribution in [0.3, 0.4) is 0 Å². The molecule has 0 spiro atoms. The van der Waals surface area contributed by atoms with Crippen LogP contribution in [0.15, 0.2) is 46.5 Å². The summed E-state index contributed by atoms with van der Waals surface area (Å²) < 4.78 is 6.88. The molecule has 1 aromatic heterocycles. The van der Waals surface area contributed by atoms with Crippen LogP contribution in [-0.2, 0) is 4.79 Å². The molecule has 1 fully saturated rings. The first-order valence-corrected chi connectivity index (χ1v) is 7.30. The molecule has 0 atom stereocenters. The molecule has 6 heteroatoms. The van der Waals surface area contributed by atoms with Crippen molar-refractivity contribution in [1.82, 2.24) is 10.6 Å². The first-order valence-electron chi connectivity index (χ1n) is 5.81. The number of thiocarbonyl (C=S) groups is 1. The lowest BCUT2D eigenvalue weighted by Crippen LogP contribution is -2.21. The van der Waals surface area contributed by atoms with E-state index in [1.807, 2.05) is 36.4 Å². The van der Waals surface area contributed by atoms with E-state index < -0.39 is 0 Å². The molecule has 1 aliphatic rings. The predicted molar refractivity (Wildman–Crippen MR) is 88.7 cm³/mol. The van der Waals surface area contributed by atoms with E-state index in [4.69, 9.17) is 16.6 Å². The third kappa shape index (κ3) is 2.75. The summed E-state index contributed by atoms with van der Waals surface area (Å²) in [5.41, 5.74) is 1.38. The highest BCUT2D eigenvalue weighted by Gasteiger charge is 2.20. The van der Waals surface area contributed by atoms with Crippen LogP contribution in [0.4, 0.5) is 0 Å². The number of amides is 1. The van der Waals surface area contributed by atoms with Crippen LogP contribution in [0.25, 0.3) is 17.4 Å². The highest BCUT2D eigenvalue weighted by molar-refractivity contribution is 14.1. The number of carbonyl (C=O) groups excluding carboxylic acids is 1. The van der Waals surface area contributed by atoms with Gasteiger partial charge in [0, 0.05) is 15.2 Å². The highest BCUT2D eigenvalue weighted by atomic mass is 127. The second-order valence-corrected chi connectivity index (χ2v) is 5.83. The standard InChI is InChI=1S/C14H9IN2O2S/c15-9-3-1-8(2-4-9)12-6-5-10(19-12)7-11-13(18)17-14(20)16-11/h1-7H,(H2,16,17,18,20). The summed E-state index contributed by atoms with van der Waals surface area (Å²) in [5, 5.41) is 5.59. The van der Waals surface area contributed by atoms with E-state index in [0.717, 1.165) is 11.3 Å². The van der Waals surface area contributed by atoms with Crippen molar-refractivity contribution >= 4 is 51.9 Å². The van der Waals surface area contributed by atoms with Gasteiger partial charge in [-0.2, -0.15) is 0 Å². The minimum atomic E-state index is -0.248. The molecule has 1 aromatic carbocycles. The monoisotopic (exact) mass is 396 g/mol. The lowest BCUT2D eigenvalue weighted by molar-refractivity contribution is -0.115. The fraction of sp³-hybridized carbons (Fsp3) is 0. The number of hydrogen-bond acceptors (Lipinski definition) is 3. The van der Waals surface area contributed by atoms with Crippen molar-refractivity contribution in [3.05, 3.63) is 51.4 Å². The average molecular weight is 396 g/mol. The quantitative estimate of drug-likeness (QED) is 0.466. The summed E-state index contributed by atoms with van der Waals surface area (Å²) in [6, 6.07) is 11.7. The van der Waals surface area contributed by atoms with Gasteiger partial charge in [0.05, 0.1) is 0 Å². The summed E-state index contributed by atoms with van der Waals surface area (Å²) in [7, 11) is 0. The van der Waals surface area contributed by atoms with Gasteiger partial charge in [-0.3, -0.25) is 10.1 Å². The number of hydrogen-bond donors (Lipinski definition) is 2. The Morgan fingerprint density at radius 2 is 1.85 bits per heavy atom. The SMILES string of the molecule is O=C1NC(=S)NC1=Cc1ccc(-c2ccc(I)cc2)o1. The zero-order chi connectivity index (χ0) is 14.1. The van der Waals surface area contributed by atoms with Gasteiger partial charge in [-0.05, 0) is 59.1 Å². The lowest BCUT2D eigenvalue weighted by Gasteiger charge is -1.97. The van der Waals surface area contributed by atoms with Gasteiger partial charge in [-0.1, -0.05) is 12.1 Å². The number of carbonyl (C=O) groups is 1. The smallest absolute Gasteiger partial charge is 0.274 e. The Morgan fingerprint density at radius 1 is 1.10 bits per heavy atom. The summed E-state index contributed by atoms with van der Waals surface area (Å²) >= 11 is 7.12. The van der Waals surface area contributed by atoms with Crippen molar-refractivity contribution in [2.75, 3.05) is 0 Å². The van der Waals surface area contributed by atoms with Gasteiger partial charge < -0.3 is 9.73 Å². The van der Waals surface area contributed by atoms with Gasteiger partial charge in [-0.15, -0.1) is 0 Å². The number of halogens is 1. The number of nitrogens with one attached hydrogen (secondary N) is 2. The molecule has 0 radical (unpaired) electrons. The Bertz CT molecular complexity index is 719. The van der Waals surface area contributed by atoms with E-state index in [0.29, 0.717) is 16.6 Å². The third-order valence-electron chi connectivity index (χ3n) is 2.76. The molecule has 0 unspecified atom stereocenters. The number of rotatable bonds is 2. The number of benzene rings is 1. The van der Waals surface area contributed by atoms with Gasteiger partial charge in [0.25, 0.3) is 5.91 Å². The second-order valence-electron chi connectivity index (χ2n) is 4.18. The van der Waals surface area contributed by atoms with Gasteiger partial charge in [0.2, 0.25) is 0 Å². The molecule has 1 aliphatic heterocycles. The molecular weight excluding hydrogens is 387 g/mol. The van der Waals surface area contributed by atoms with E-state index in [2.05, 4.69) is 33.2 Å². The Labute approximate surface area is 134 Å². The van der Waals surface area contributed by atoms with E-state index in [1.165, 1.54) is 3.57 Å². The van der Waals surface area contributed by atoms with Crippen LogP contribution in [-0.4, -0.2) is 11.0 Å². The van der Waals surface area contributed by atoms with Crippen LogP contribution in [0.5, 0.6) is 0 Å². The maximum atomic E-state index is 11.5. The fourth-order valence-corrected chi connectivity index (χ4v) is 2.39. The topological polar surface area (TPSA) is 54.3 Å². The number of furan rings is 1. The molecule has 1 amide bonds. The largest absolute Gasteiger partial charge is 0.457 e. The average Bonchev–Trinajstić information content (AvgIpc) is 2.98. The fourth-order valence-electron chi connectivity index (χ4n) is 1.82. The molecule has 0 aliphatic carbocycles. The van der Waals surface area contributed by atoms with Crippen LogP contribution in [0, 0.1) is 3.57 Å². The van der Waals surface area contributed by atoms with Crippen LogP contribution >= 0.6 is 34.8 Å². The Morgan fingerprint density at radius 3 is 2.50 bits per heavy atom. The molecule has 1 saturated heterocycles. The lowest BCUT2D eigenvalue weighted by atomic mass is 10.2. The van der Waals surface area contributed by atoms with E-state index in [1.54, 1.807) is 6.08 Å². The van der Waals surface area contributed by atoms with Gasteiger partial charge in [-0.25, -0.2) is 0 Å². The first kappa shape index (κ1) is 13.3. The minimum Gasteiger partial charge on any atom is -0.457 e. The molecule has 20 heavy (non-hydrogen) atoms. The zero-order valence-corrected chi connectivity index (χ0v) is 13.1. The van der Waals surface area contributed by atoms with Gasteiger partial charge in [0.15, 0.2) is 5.11 Å². The van der Waals surface area contributed by atoms with Crippen molar-refractivity contribution in [1.29, 1.82) is 0 Å². The third-order valence-corrected chi connectivity index (χ3v) is 3.69. The summed E-state index contributed by atoms with van der Waals surface area (Å²) in [5.74, 6) is 1.11.